The average Bonchev–Trinajstić information content (AvgIpc) is 3.36. The van der Waals surface area contributed by atoms with Crippen LogP contribution >= 0.6 is 11.3 Å². The van der Waals surface area contributed by atoms with Crippen LogP contribution < -0.4 is 4.74 Å². The molecule has 152 valence electrons. The van der Waals surface area contributed by atoms with E-state index in [0.717, 1.165) is 23.4 Å². The molecule has 0 saturated carbocycles. The zero-order chi connectivity index (χ0) is 19.4. The highest BCUT2D eigenvalue weighted by atomic mass is 32.2. The molecule has 0 amide bonds. The van der Waals surface area contributed by atoms with E-state index in [4.69, 9.17) is 9.47 Å². The normalized spacial score (nSPS) is 18.6. The molecule has 0 spiro atoms. The largest absolute Gasteiger partial charge is 0.492 e. The summed E-state index contributed by atoms with van der Waals surface area (Å²) in [6.07, 6.45) is 2.57. The second-order valence-corrected chi connectivity index (χ2v) is 10.3. The van der Waals surface area contributed by atoms with Gasteiger partial charge in [-0.25, -0.2) is 8.42 Å². The van der Waals surface area contributed by atoms with Crippen LogP contribution in [0.2, 0.25) is 0 Å². The van der Waals surface area contributed by atoms with Crippen molar-refractivity contribution >= 4 is 21.4 Å². The van der Waals surface area contributed by atoms with E-state index < -0.39 is 10.0 Å². The SMILES string of the molecule is O=S(=O)(c1cccs1)N1CCOc2ccc(COCCN3CCCC3)cc2C1. The first-order valence-electron chi connectivity index (χ1n) is 9.71. The molecule has 0 aliphatic carbocycles. The van der Waals surface area contributed by atoms with E-state index in [2.05, 4.69) is 4.90 Å². The minimum atomic E-state index is -3.49. The summed E-state index contributed by atoms with van der Waals surface area (Å²) in [5.41, 5.74) is 1.93. The van der Waals surface area contributed by atoms with Gasteiger partial charge in [0.2, 0.25) is 0 Å². The molecule has 0 N–H and O–H groups in total. The molecule has 4 rings (SSSR count). The molecule has 0 bridgehead atoms. The van der Waals surface area contributed by atoms with Gasteiger partial charge in [-0.15, -0.1) is 11.3 Å². The summed E-state index contributed by atoms with van der Waals surface area (Å²) in [6.45, 7) is 5.57. The predicted octanol–water partition coefficient (Wildman–Crippen LogP) is 2.94. The van der Waals surface area contributed by atoms with Crippen molar-refractivity contribution in [2.24, 2.45) is 0 Å². The van der Waals surface area contributed by atoms with Crippen molar-refractivity contribution in [1.29, 1.82) is 0 Å². The van der Waals surface area contributed by atoms with Gasteiger partial charge in [-0.2, -0.15) is 4.31 Å². The fraction of sp³-hybridized carbons (Fsp3) is 0.500. The molecule has 28 heavy (non-hydrogen) atoms. The highest BCUT2D eigenvalue weighted by Crippen LogP contribution is 2.29. The van der Waals surface area contributed by atoms with Gasteiger partial charge in [0.1, 0.15) is 16.6 Å². The second kappa shape index (κ2) is 8.92. The Hall–Kier alpha value is -1.45. The molecule has 6 nitrogen and oxygen atoms in total. The fourth-order valence-electron chi connectivity index (χ4n) is 3.65. The summed E-state index contributed by atoms with van der Waals surface area (Å²) < 4.78 is 39.3. The number of hydrogen-bond donors (Lipinski definition) is 0. The maximum atomic E-state index is 12.9. The minimum absolute atomic E-state index is 0.317. The Kier molecular flexibility index (Phi) is 6.32. The monoisotopic (exact) mass is 422 g/mol. The molecule has 1 fully saturated rings. The molecule has 3 heterocycles. The van der Waals surface area contributed by atoms with Crippen LogP contribution in [-0.4, -0.2) is 57.0 Å². The molecule has 2 aliphatic heterocycles. The molecule has 0 radical (unpaired) electrons. The van der Waals surface area contributed by atoms with E-state index >= 15 is 0 Å². The zero-order valence-corrected chi connectivity index (χ0v) is 17.5. The number of sulfonamides is 1. The van der Waals surface area contributed by atoms with Gasteiger partial charge in [-0.3, -0.25) is 0 Å². The summed E-state index contributed by atoms with van der Waals surface area (Å²) in [4.78, 5) is 2.43. The third-order valence-electron chi connectivity index (χ3n) is 5.18. The van der Waals surface area contributed by atoms with Crippen molar-refractivity contribution in [3.63, 3.8) is 0 Å². The highest BCUT2D eigenvalue weighted by molar-refractivity contribution is 7.91. The van der Waals surface area contributed by atoms with Gasteiger partial charge in [0.25, 0.3) is 10.0 Å². The topological polar surface area (TPSA) is 59.1 Å². The maximum absolute atomic E-state index is 12.9. The Morgan fingerprint density at radius 1 is 1.14 bits per heavy atom. The van der Waals surface area contributed by atoms with Crippen LogP contribution in [0.1, 0.15) is 24.0 Å². The molecule has 1 aromatic heterocycles. The van der Waals surface area contributed by atoms with Gasteiger partial charge < -0.3 is 14.4 Å². The molecular weight excluding hydrogens is 396 g/mol. The Bertz CT molecular complexity index is 878. The quantitative estimate of drug-likeness (QED) is 0.642. The lowest BCUT2D eigenvalue weighted by Crippen LogP contribution is -2.32. The van der Waals surface area contributed by atoms with Crippen LogP contribution in [0.25, 0.3) is 0 Å². The lowest BCUT2D eigenvalue weighted by atomic mass is 10.1. The number of ether oxygens (including phenoxy) is 2. The van der Waals surface area contributed by atoms with Gasteiger partial charge in [0, 0.05) is 25.2 Å². The standard InChI is InChI=1S/C20H26N2O4S2/c23-28(24,20-4-3-13-27-20)22-10-12-26-19-6-5-17(14-18(19)15-22)16-25-11-9-21-7-1-2-8-21/h3-6,13-14H,1-2,7-12,15-16H2. The van der Waals surface area contributed by atoms with Crippen molar-refractivity contribution in [3.8, 4) is 5.75 Å². The van der Waals surface area contributed by atoms with Crippen LogP contribution in [0.3, 0.4) is 0 Å². The van der Waals surface area contributed by atoms with Crippen molar-refractivity contribution in [1.82, 2.24) is 9.21 Å². The van der Waals surface area contributed by atoms with Crippen LogP contribution in [0.4, 0.5) is 0 Å². The van der Waals surface area contributed by atoms with Gasteiger partial charge in [-0.1, -0.05) is 12.1 Å². The number of benzene rings is 1. The highest BCUT2D eigenvalue weighted by Gasteiger charge is 2.28. The Morgan fingerprint density at radius 2 is 2.00 bits per heavy atom. The summed E-state index contributed by atoms with van der Waals surface area (Å²) in [6, 6.07) is 9.34. The van der Waals surface area contributed by atoms with Gasteiger partial charge in [-0.05, 0) is 55.1 Å². The second-order valence-electron chi connectivity index (χ2n) is 7.16. The zero-order valence-electron chi connectivity index (χ0n) is 15.9. The molecule has 1 aromatic carbocycles. The number of nitrogens with zero attached hydrogens (tertiary/aromatic N) is 2. The summed E-state index contributed by atoms with van der Waals surface area (Å²) in [7, 11) is -3.49. The average molecular weight is 423 g/mol. The van der Waals surface area contributed by atoms with E-state index in [1.165, 1.54) is 41.6 Å². The first-order chi connectivity index (χ1) is 13.6. The number of thiophene rings is 1. The van der Waals surface area contributed by atoms with E-state index in [1.807, 2.05) is 18.2 Å². The summed E-state index contributed by atoms with van der Waals surface area (Å²) >= 11 is 1.24. The molecule has 1 saturated heterocycles. The molecular formula is C20H26N2O4S2. The van der Waals surface area contributed by atoms with E-state index in [9.17, 15) is 8.42 Å². The first-order valence-corrected chi connectivity index (χ1v) is 12.0. The van der Waals surface area contributed by atoms with E-state index in [-0.39, 0.29) is 0 Å². The Morgan fingerprint density at radius 3 is 2.79 bits per heavy atom. The first kappa shape index (κ1) is 19.8. The molecule has 2 aromatic rings. The maximum Gasteiger partial charge on any atom is 0.252 e. The van der Waals surface area contributed by atoms with Crippen molar-refractivity contribution in [3.05, 3.63) is 46.8 Å². The summed E-state index contributed by atoms with van der Waals surface area (Å²) in [5.74, 6) is 0.754. The van der Waals surface area contributed by atoms with E-state index in [0.29, 0.717) is 37.1 Å². The number of fused-ring (bicyclic) bond motifs is 1. The van der Waals surface area contributed by atoms with Crippen LogP contribution in [-0.2, 0) is 27.9 Å². The third kappa shape index (κ3) is 4.58. The van der Waals surface area contributed by atoms with Crippen molar-refractivity contribution in [2.45, 2.75) is 30.2 Å². The fourth-order valence-corrected chi connectivity index (χ4v) is 6.19. The minimum Gasteiger partial charge on any atom is -0.492 e. The van der Waals surface area contributed by atoms with Crippen LogP contribution in [0.15, 0.2) is 39.9 Å². The van der Waals surface area contributed by atoms with Crippen molar-refractivity contribution in [2.75, 3.05) is 39.4 Å². The third-order valence-corrected chi connectivity index (χ3v) is 8.40. The Labute approximate surface area is 170 Å². The smallest absolute Gasteiger partial charge is 0.252 e. The lowest BCUT2D eigenvalue weighted by molar-refractivity contribution is 0.0992. The number of rotatable bonds is 7. The van der Waals surface area contributed by atoms with Crippen LogP contribution in [0.5, 0.6) is 5.75 Å². The number of likely N-dealkylation sites (tertiary alicyclic amines) is 1. The molecule has 8 heteroatoms. The summed E-state index contributed by atoms with van der Waals surface area (Å²) in [5, 5.41) is 1.78. The molecule has 0 atom stereocenters. The lowest BCUT2D eigenvalue weighted by Gasteiger charge is -2.18. The Balaban J connectivity index is 1.40. The molecule has 0 unspecified atom stereocenters. The van der Waals surface area contributed by atoms with Gasteiger partial charge in [0.15, 0.2) is 0 Å². The molecule has 2 aliphatic rings. The van der Waals surface area contributed by atoms with Gasteiger partial charge in [0.05, 0.1) is 13.2 Å². The van der Waals surface area contributed by atoms with Crippen molar-refractivity contribution < 1.29 is 17.9 Å². The predicted molar refractivity (Wildman–Crippen MR) is 109 cm³/mol. The van der Waals surface area contributed by atoms with Gasteiger partial charge >= 0.3 is 0 Å². The van der Waals surface area contributed by atoms with Crippen LogP contribution in [0, 0.1) is 0 Å². The van der Waals surface area contributed by atoms with E-state index in [1.54, 1.807) is 17.5 Å². The number of hydrogen-bond acceptors (Lipinski definition) is 6.